The van der Waals surface area contributed by atoms with Gasteiger partial charge in [0.1, 0.15) is 0 Å². The summed E-state index contributed by atoms with van der Waals surface area (Å²) >= 11 is 4.00. The topological polar surface area (TPSA) is 57.6 Å². The molecular weight excluding hydrogens is 238 g/mol. The molecule has 1 aliphatic heterocycles. The van der Waals surface area contributed by atoms with Crippen molar-refractivity contribution in [3.8, 4) is 0 Å². The number of benzene rings is 1. The van der Waals surface area contributed by atoms with E-state index in [9.17, 15) is 14.7 Å². The summed E-state index contributed by atoms with van der Waals surface area (Å²) in [6.07, 6.45) is 0.265. The number of hydrogen-bond acceptors (Lipinski definition) is 3. The number of nitrogens with zero attached hydrogens (tertiary/aromatic N) is 1. The number of aliphatic carboxylic acids is 1. The van der Waals surface area contributed by atoms with E-state index in [0.717, 1.165) is 5.56 Å². The molecule has 0 fully saturated rings. The zero-order valence-corrected chi connectivity index (χ0v) is 10.1. The first-order valence-corrected chi connectivity index (χ1v) is 5.99. The molecule has 0 spiro atoms. The van der Waals surface area contributed by atoms with Crippen molar-refractivity contribution in [2.75, 3.05) is 5.75 Å². The second kappa shape index (κ2) is 4.79. The Hall–Kier alpha value is -1.49. The fourth-order valence-corrected chi connectivity index (χ4v) is 2.32. The van der Waals surface area contributed by atoms with Crippen LogP contribution in [0.2, 0.25) is 0 Å². The smallest absolute Gasteiger partial charge is 0.331 e. The fraction of sp³-hybridized carbons (Fsp3) is 0.333. The first-order valence-electron chi connectivity index (χ1n) is 5.36. The van der Waals surface area contributed by atoms with E-state index in [4.69, 9.17) is 0 Å². The molecule has 0 bridgehead atoms. The number of rotatable bonds is 3. The van der Waals surface area contributed by atoms with Gasteiger partial charge in [0, 0.05) is 13.0 Å². The van der Waals surface area contributed by atoms with Crippen LogP contribution in [-0.4, -0.2) is 27.6 Å². The van der Waals surface area contributed by atoms with Gasteiger partial charge in [-0.1, -0.05) is 24.3 Å². The van der Waals surface area contributed by atoms with E-state index in [1.165, 1.54) is 4.90 Å². The molecule has 4 nitrogen and oxygen atoms in total. The Bertz CT molecular complexity index is 461. The van der Waals surface area contributed by atoms with Crippen molar-refractivity contribution in [2.24, 2.45) is 0 Å². The van der Waals surface area contributed by atoms with Gasteiger partial charge in [-0.3, -0.25) is 4.79 Å². The summed E-state index contributed by atoms with van der Waals surface area (Å²) in [5.74, 6) is -0.719. The van der Waals surface area contributed by atoms with Crippen LogP contribution in [0.25, 0.3) is 0 Å². The molecule has 1 heterocycles. The molecule has 90 valence electrons. The van der Waals surface area contributed by atoms with Crippen molar-refractivity contribution in [3.63, 3.8) is 0 Å². The lowest BCUT2D eigenvalue weighted by Crippen LogP contribution is -2.33. The van der Waals surface area contributed by atoms with Gasteiger partial charge in [0.25, 0.3) is 0 Å². The molecule has 1 amide bonds. The summed E-state index contributed by atoms with van der Waals surface area (Å²) < 4.78 is 0. The van der Waals surface area contributed by atoms with Crippen LogP contribution in [-0.2, 0) is 16.1 Å². The highest BCUT2D eigenvalue weighted by atomic mass is 32.1. The van der Waals surface area contributed by atoms with Crippen LogP contribution in [0.15, 0.2) is 24.3 Å². The highest BCUT2D eigenvalue weighted by Gasteiger charge is 2.37. The first kappa shape index (κ1) is 12.0. The maximum absolute atomic E-state index is 11.8. The fourth-order valence-electron chi connectivity index (χ4n) is 2.13. The molecular formula is C12H13NO3S. The van der Waals surface area contributed by atoms with Crippen LogP contribution in [0.3, 0.4) is 0 Å². The molecule has 17 heavy (non-hydrogen) atoms. The van der Waals surface area contributed by atoms with Gasteiger partial charge >= 0.3 is 5.97 Å². The van der Waals surface area contributed by atoms with Gasteiger partial charge in [-0.2, -0.15) is 12.6 Å². The molecule has 1 aliphatic rings. The minimum atomic E-state index is -0.984. The summed E-state index contributed by atoms with van der Waals surface area (Å²) in [5.41, 5.74) is 1.62. The monoisotopic (exact) mass is 251 g/mol. The van der Waals surface area contributed by atoms with Gasteiger partial charge in [0.2, 0.25) is 5.91 Å². The summed E-state index contributed by atoms with van der Waals surface area (Å²) in [5, 5.41) is 9.23. The zero-order valence-electron chi connectivity index (χ0n) is 9.17. The predicted octanol–water partition coefficient (Wildman–Crippen LogP) is 1.47. The lowest BCUT2D eigenvalue weighted by Gasteiger charge is -2.21. The third kappa shape index (κ3) is 2.15. The minimum Gasteiger partial charge on any atom is -0.479 e. The Morgan fingerprint density at radius 3 is 2.76 bits per heavy atom. The van der Waals surface area contributed by atoms with E-state index >= 15 is 0 Å². The van der Waals surface area contributed by atoms with Crippen LogP contribution in [0, 0.1) is 0 Å². The van der Waals surface area contributed by atoms with Crippen molar-refractivity contribution in [2.45, 2.75) is 19.0 Å². The number of carbonyl (C=O) groups is 2. The van der Waals surface area contributed by atoms with E-state index in [2.05, 4.69) is 12.6 Å². The maximum atomic E-state index is 11.8. The van der Waals surface area contributed by atoms with Gasteiger partial charge in [-0.25, -0.2) is 4.79 Å². The highest BCUT2D eigenvalue weighted by molar-refractivity contribution is 7.80. The summed E-state index contributed by atoms with van der Waals surface area (Å²) in [4.78, 5) is 24.5. The van der Waals surface area contributed by atoms with Crippen molar-refractivity contribution in [1.82, 2.24) is 4.90 Å². The SMILES string of the molecule is O=C(O)C1c2ccccc2CN1C(=O)CCS. The molecule has 0 aromatic heterocycles. The maximum Gasteiger partial charge on any atom is 0.331 e. The minimum absolute atomic E-state index is 0.163. The van der Waals surface area contributed by atoms with Gasteiger partial charge in [-0.05, 0) is 16.9 Å². The molecule has 0 aliphatic carbocycles. The Morgan fingerprint density at radius 1 is 1.41 bits per heavy atom. The average molecular weight is 251 g/mol. The molecule has 5 heteroatoms. The second-order valence-electron chi connectivity index (χ2n) is 3.93. The summed E-state index contributed by atoms with van der Waals surface area (Å²) in [6.45, 7) is 0.375. The summed E-state index contributed by atoms with van der Waals surface area (Å²) in [7, 11) is 0. The van der Waals surface area contributed by atoms with Crippen LogP contribution in [0.4, 0.5) is 0 Å². The highest BCUT2D eigenvalue weighted by Crippen LogP contribution is 2.34. The van der Waals surface area contributed by atoms with E-state index in [1.807, 2.05) is 12.1 Å². The van der Waals surface area contributed by atoms with E-state index in [1.54, 1.807) is 12.1 Å². The number of carboxylic acid groups (broad SMARTS) is 1. The van der Waals surface area contributed by atoms with Crippen molar-refractivity contribution in [1.29, 1.82) is 0 Å². The normalized spacial score (nSPS) is 17.9. The predicted molar refractivity (Wildman–Crippen MR) is 65.8 cm³/mol. The van der Waals surface area contributed by atoms with E-state index in [0.29, 0.717) is 17.9 Å². The quantitative estimate of drug-likeness (QED) is 0.800. The largest absolute Gasteiger partial charge is 0.479 e. The Kier molecular flexibility index (Phi) is 3.38. The van der Waals surface area contributed by atoms with Crippen LogP contribution in [0.5, 0.6) is 0 Å². The van der Waals surface area contributed by atoms with Crippen molar-refractivity contribution in [3.05, 3.63) is 35.4 Å². The molecule has 1 atom stereocenters. The number of hydrogen-bond donors (Lipinski definition) is 2. The lowest BCUT2D eigenvalue weighted by atomic mass is 10.1. The van der Waals surface area contributed by atoms with Crippen LogP contribution < -0.4 is 0 Å². The summed E-state index contributed by atoms with van der Waals surface area (Å²) in [6, 6.07) is 6.42. The van der Waals surface area contributed by atoms with Gasteiger partial charge < -0.3 is 10.0 Å². The molecule has 1 aromatic rings. The molecule has 0 saturated heterocycles. The van der Waals surface area contributed by atoms with Crippen molar-refractivity contribution >= 4 is 24.5 Å². The Labute approximate surface area is 105 Å². The standard InChI is InChI=1S/C12H13NO3S/c14-10(5-6-17)13-7-8-3-1-2-4-9(8)11(13)12(15)16/h1-4,11,17H,5-7H2,(H,15,16). The average Bonchev–Trinajstić information content (AvgIpc) is 2.68. The van der Waals surface area contributed by atoms with E-state index < -0.39 is 12.0 Å². The van der Waals surface area contributed by atoms with Crippen LogP contribution in [0.1, 0.15) is 23.6 Å². The number of amides is 1. The molecule has 0 saturated carbocycles. The molecule has 2 rings (SSSR count). The Balaban J connectivity index is 2.33. The third-order valence-corrected chi connectivity index (χ3v) is 3.11. The van der Waals surface area contributed by atoms with Gasteiger partial charge in [-0.15, -0.1) is 0 Å². The lowest BCUT2D eigenvalue weighted by molar-refractivity contribution is -0.149. The first-order chi connectivity index (χ1) is 8.15. The number of carboxylic acids is 1. The van der Waals surface area contributed by atoms with Crippen molar-refractivity contribution < 1.29 is 14.7 Å². The number of thiol groups is 1. The zero-order chi connectivity index (χ0) is 12.4. The molecule has 1 N–H and O–H groups in total. The molecule has 1 aromatic carbocycles. The van der Waals surface area contributed by atoms with Crippen LogP contribution >= 0.6 is 12.6 Å². The third-order valence-electron chi connectivity index (χ3n) is 2.88. The molecule has 1 unspecified atom stereocenters. The van der Waals surface area contributed by atoms with E-state index in [-0.39, 0.29) is 12.3 Å². The molecule has 0 radical (unpaired) electrons. The Morgan fingerprint density at radius 2 is 2.12 bits per heavy atom. The van der Waals surface area contributed by atoms with Gasteiger partial charge in [0.05, 0.1) is 0 Å². The number of carbonyl (C=O) groups excluding carboxylic acids is 1. The van der Waals surface area contributed by atoms with Gasteiger partial charge in [0.15, 0.2) is 6.04 Å². The second-order valence-corrected chi connectivity index (χ2v) is 4.38. The number of fused-ring (bicyclic) bond motifs is 1.